The van der Waals surface area contributed by atoms with Crippen LogP contribution in [0.5, 0.6) is 0 Å². The number of rotatable bonds is 5. The van der Waals surface area contributed by atoms with Crippen molar-refractivity contribution in [2.24, 2.45) is 0 Å². The van der Waals surface area contributed by atoms with Gasteiger partial charge in [-0.1, -0.05) is 62.2 Å². The summed E-state index contributed by atoms with van der Waals surface area (Å²) in [7, 11) is 0. The van der Waals surface area contributed by atoms with Crippen LogP contribution < -0.4 is 0 Å². The van der Waals surface area contributed by atoms with Gasteiger partial charge in [0.1, 0.15) is 0 Å². The average Bonchev–Trinajstić information content (AvgIpc) is 2.50. The third-order valence-electron chi connectivity index (χ3n) is 3.26. The Balaban J connectivity index is 2.20. The first-order valence-electron chi connectivity index (χ1n) is 6.77. The second kappa shape index (κ2) is 7.76. The SMILES string of the molecule is Cc1cc(C(=O)N(CCBr)Cc2ccccc2)ccc1Br. The highest BCUT2D eigenvalue weighted by molar-refractivity contribution is 9.10. The van der Waals surface area contributed by atoms with Gasteiger partial charge in [0, 0.05) is 28.5 Å². The number of amides is 1. The quantitative estimate of drug-likeness (QED) is 0.648. The molecule has 0 spiro atoms. The molecule has 110 valence electrons. The zero-order valence-corrected chi connectivity index (χ0v) is 15.0. The molecule has 2 aromatic carbocycles. The Bertz CT molecular complexity index is 613. The molecular formula is C17H17Br2NO. The van der Waals surface area contributed by atoms with E-state index in [4.69, 9.17) is 0 Å². The Labute approximate surface area is 142 Å². The lowest BCUT2D eigenvalue weighted by atomic mass is 10.1. The van der Waals surface area contributed by atoms with Gasteiger partial charge in [-0.15, -0.1) is 0 Å². The van der Waals surface area contributed by atoms with Crippen molar-refractivity contribution in [1.82, 2.24) is 4.90 Å². The first-order valence-corrected chi connectivity index (χ1v) is 8.68. The summed E-state index contributed by atoms with van der Waals surface area (Å²) in [6.45, 7) is 3.30. The van der Waals surface area contributed by atoms with Crippen molar-refractivity contribution in [2.75, 3.05) is 11.9 Å². The topological polar surface area (TPSA) is 20.3 Å². The molecule has 2 aromatic rings. The molecule has 0 atom stereocenters. The largest absolute Gasteiger partial charge is 0.333 e. The van der Waals surface area contributed by atoms with Crippen LogP contribution in [0.4, 0.5) is 0 Å². The number of carbonyl (C=O) groups excluding carboxylic acids is 1. The number of alkyl halides is 1. The van der Waals surface area contributed by atoms with Gasteiger partial charge < -0.3 is 4.90 Å². The minimum atomic E-state index is 0.0638. The zero-order valence-electron chi connectivity index (χ0n) is 11.9. The minimum Gasteiger partial charge on any atom is -0.333 e. The number of hydrogen-bond donors (Lipinski definition) is 0. The van der Waals surface area contributed by atoms with E-state index in [2.05, 4.69) is 31.9 Å². The Kier molecular flexibility index (Phi) is 6.00. The lowest BCUT2D eigenvalue weighted by molar-refractivity contribution is 0.0754. The monoisotopic (exact) mass is 409 g/mol. The fraction of sp³-hybridized carbons (Fsp3) is 0.235. The summed E-state index contributed by atoms with van der Waals surface area (Å²) in [4.78, 5) is 14.6. The molecule has 0 fully saturated rings. The van der Waals surface area contributed by atoms with Crippen LogP contribution in [0.15, 0.2) is 53.0 Å². The highest BCUT2D eigenvalue weighted by atomic mass is 79.9. The van der Waals surface area contributed by atoms with Crippen LogP contribution >= 0.6 is 31.9 Å². The summed E-state index contributed by atoms with van der Waals surface area (Å²) in [6.07, 6.45) is 0. The zero-order chi connectivity index (χ0) is 15.2. The van der Waals surface area contributed by atoms with E-state index in [1.165, 1.54) is 0 Å². The molecule has 21 heavy (non-hydrogen) atoms. The molecule has 0 saturated heterocycles. The van der Waals surface area contributed by atoms with E-state index < -0.39 is 0 Å². The van der Waals surface area contributed by atoms with Gasteiger partial charge in [-0.25, -0.2) is 0 Å². The second-order valence-electron chi connectivity index (χ2n) is 4.87. The maximum Gasteiger partial charge on any atom is 0.254 e. The van der Waals surface area contributed by atoms with Crippen molar-refractivity contribution in [3.63, 3.8) is 0 Å². The maximum atomic E-state index is 12.7. The molecule has 0 aromatic heterocycles. The highest BCUT2D eigenvalue weighted by Gasteiger charge is 2.16. The van der Waals surface area contributed by atoms with Crippen LogP contribution in [0.2, 0.25) is 0 Å². The summed E-state index contributed by atoms with van der Waals surface area (Å²) >= 11 is 6.90. The summed E-state index contributed by atoms with van der Waals surface area (Å²) in [5.74, 6) is 0.0638. The molecule has 0 radical (unpaired) electrons. The van der Waals surface area contributed by atoms with Crippen molar-refractivity contribution >= 4 is 37.8 Å². The van der Waals surface area contributed by atoms with E-state index in [1.807, 2.05) is 60.4 Å². The van der Waals surface area contributed by atoms with Gasteiger partial charge in [-0.05, 0) is 36.2 Å². The molecule has 0 bridgehead atoms. The van der Waals surface area contributed by atoms with Gasteiger partial charge in [0.05, 0.1) is 0 Å². The van der Waals surface area contributed by atoms with Gasteiger partial charge in [0.25, 0.3) is 5.91 Å². The third-order valence-corrected chi connectivity index (χ3v) is 4.51. The smallest absolute Gasteiger partial charge is 0.254 e. The van der Waals surface area contributed by atoms with Crippen LogP contribution in [0.25, 0.3) is 0 Å². The van der Waals surface area contributed by atoms with Crippen LogP contribution in [0.3, 0.4) is 0 Å². The number of nitrogens with zero attached hydrogens (tertiary/aromatic N) is 1. The lowest BCUT2D eigenvalue weighted by Crippen LogP contribution is -2.32. The predicted molar refractivity (Wildman–Crippen MR) is 93.9 cm³/mol. The van der Waals surface area contributed by atoms with Crippen LogP contribution in [-0.4, -0.2) is 22.7 Å². The first kappa shape index (κ1) is 16.2. The molecule has 4 heteroatoms. The molecule has 0 saturated carbocycles. The summed E-state index contributed by atoms with van der Waals surface area (Å²) in [6, 6.07) is 15.8. The fourth-order valence-electron chi connectivity index (χ4n) is 2.12. The van der Waals surface area contributed by atoms with E-state index in [0.29, 0.717) is 13.1 Å². The van der Waals surface area contributed by atoms with E-state index in [-0.39, 0.29) is 5.91 Å². The number of carbonyl (C=O) groups is 1. The van der Waals surface area contributed by atoms with Gasteiger partial charge in [0.2, 0.25) is 0 Å². The third kappa shape index (κ3) is 4.42. The lowest BCUT2D eigenvalue weighted by Gasteiger charge is -2.22. The van der Waals surface area contributed by atoms with Crippen LogP contribution in [-0.2, 0) is 6.54 Å². The highest BCUT2D eigenvalue weighted by Crippen LogP contribution is 2.19. The van der Waals surface area contributed by atoms with Gasteiger partial charge in [-0.3, -0.25) is 4.79 Å². The molecule has 0 aliphatic rings. The van der Waals surface area contributed by atoms with E-state index >= 15 is 0 Å². The van der Waals surface area contributed by atoms with Crippen LogP contribution in [0.1, 0.15) is 21.5 Å². The molecule has 1 amide bonds. The van der Waals surface area contributed by atoms with Crippen molar-refractivity contribution in [3.8, 4) is 0 Å². The normalized spacial score (nSPS) is 10.4. The second-order valence-corrected chi connectivity index (χ2v) is 6.51. The van der Waals surface area contributed by atoms with Gasteiger partial charge in [-0.2, -0.15) is 0 Å². The Morgan fingerprint density at radius 2 is 1.86 bits per heavy atom. The molecule has 0 aliphatic heterocycles. The predicted octanol–water partition coefficient (Wildman–Crippen LogP) is 4.79. The molecular weight excluding hydrogens is 394 g/mol. The molecule has 0 N–H and O–H groups in total. The Morgan fingerprint density at radius 3 is 2.48 bits per heavy atom. The summed E-state index contributed by atoms with van der Waals surface area (Å²) < 4.78 is 1.02. The maximum absolute atomic E-state index is 12.7. The van der Waals surface area contributed by atoms with Crippen molar-refractivity contribution < 1.29 is 4.79 Å². The number of halogens is 2. The first-order chi connectivity index (χ1) is 10.1. The van der Waals surface area contributed by atoms with E-state index in [1.54, 1.807) is 0 Å². The van der Waals surface area contributed by atoms with Crippen LogP contribution in [0, 0.1) is 6.92 Å². The van der Waals surface area contributed by atoms with E-state index in [0.717, 1.165) is 26.5 Å². The molecule has 2 rings (SSSR count). The number of aryl methyl sites for hydroxylation is 1. The van der Waals surface area contributed by atoms with Crippen molar-refractivity contribution in [2.45, 2.75) is 13.5 Å². The molecule has 0 aliphatic carbocycles. The molecule has 0 heterocycles. The number of benzene rings is 2. The fourth-order valence-corrected chi connectivity index (χ4v) is 2.79. The summed E-state index contributed by atoms with van der Waals surface area (Å²) in [5, 5.41) is 0.765. The van der Waals surface area contributed by atoms with Crippen molar-refractivity contribution in [3.05, 3.63) is 69.7 Å². The summed E-state index contributed by atoms with van der Waals surface area (Å²) in [5.41, 5.74) is 2.94. The Morgan fingerprint density at radius 1 is 1.14 bits per heavy atom. The number of hydrogen-bond acceptors (Lipinski definition) is 1. The van der Waals surface area contributed by atoms with E-state index in [9.17, 15) is 4.79 Å². The standard InChI is InChI=1S/C17H17Br2NO/c1-13-11-15(7-8-16(13)19)17(21)20(10-9-18)12-14-5-3-2-4-6-14/h2-8,11H,9-10,12H2,1H3. The minimum absolute atomic E-state index is 0.0638. The average molecular weight is 411 g/mol. The molecule has 0 unspecified atom stereocenters. The Hall–Kier alpha value is -1.13. The van der Waals surface area contributed by atoms with Crippen molar-refractivity contribution in [1.29, 1.82) is 0 Å². The molecule has 2 nitrogen and oxygen atoms in total. The van der Waals surface area contributed by atoms with Gasteiger partial charge >= 0.3 is 0 Å². The van der Waals surface area contributed by atoms with Gasteiger partial charge in [0.15, 0.2) is 0 Å².